The minimum absolute atomic E-state index is 0.115. The van der Waals surface area contributed by atoms with Crippen molar-refractivity contribution < 1.29 is 18.6 Å². The zero-order chi connectivity index (χ0) is 20.8. The quantitative estimate of drug-likeness (QED) is 0.600. The topological polar surface area (TPSA) is 101 Å². The third-order valence-corrected chi connectivity index (χ3v) is 4.63. The molecular weight excluding hydrogens is 384 g/mol. The summed E-state index contributed by atoms with van der Waals surface area (Å²) in [6, 6.07) is 3.21. The lowest BCUT2D eigenvalue weighted by Crippen LogP contribution is -2.52. The van der Waals surface area contributed by atoms with E-state index in [1.54, 1.807) is 26.3 Å². The second kappa shape index (κ2) is 7.16. The summed E-state index contributed by atoms with van der Waals surface area (Å²) in [5.74, 6) is -2.46. The van der Waals surface area contributed by atoms with E-state index in [9.17, 15) is 13.9 Å². The average Bonchev–Trinajstić information content (AvgIpc) is 2.98. The molecular formula is C18H21F2N7O2. The Balaban J connectivity index is 1.83. The first-order valence-electron chi connectivity index (χ1n) is 9.09. The molecule has 1 fully saturated rings. The minimum atomic E-state index is -3.18. The van der Waals surface area contributed by atoms with Gasteiger partial charge in [0, 0.05) is 51.6 Å². The lowest BCUT2D eigenvalue weighted by atomic mass is 10.1. The molecule has 3 aromatic heterocycles. The fourth-order valence-electron chi connectivity index (χ4n) is 3.13. The first-order valence-corrected chi connectivity index (χ1v) is 9.09. The maximum atomic E-state index is 13.7. The van der Waals surface area contributed by atoms with E-state index in [0.717, 1.165) is 12.3 Å². The van der Waals surface area contributed by atoms with Crippen molar-refractivity contribution in [3.05, 3.63) is 30.4 Å². The van der Waals surface area contributed by atoms with Crippen LogP contribution >= 0.6 is 0 Å². The van der Waals surface area contributed by atoms with Crippen LogP contribution in [-0.4, -0.2) is 62.4 Å². The van der Waals surface area contributed by atoms with Gasteiger partial charge < -0.3 is 20.1 Å². The highest BCUT2D eigenvalue weighted by molar-refractivity contribution is 5.92. The number of aliphatic hydroxyl groups is 1. The molecule has 9 nitrogen and oxygen atoms in total. The van der Waals surface area contributed by atoms with Gasteiger partial charge in [0.25, 0.3) is 0 Å². The summed E-state index contributed by atoms with van der Waals surface area (Å²) >= 11 is 0. The number of nitrogens with one attached hydrogen (secondary N) is 1. The summed E-state index contributed by atoms with van der Waals surface area (Å²) in [5, 5.41) is 17.7. The van der Waals surface area contributed by atoms with Crippen LogP contribution in [0.25, 0.3) is 16.7 Å². The van der Waals surface area contributed by atoms with Gasteiger partial charge in [-0.25, -0.2) is 19.6 Å². The molecule has 0 radical (unpaired) electrons. The van der Waals surface area contributed by atoms with Gasteiger partial charge in [-0.15, -0.1) is 5.10 Å². The standard InChI is InChI=1S/C18H21F2N7O2/c1-10(28)23-14-6-13-12(7-22-14)16(26-8-11(9-26)29-3)25-27(13)15-4-5-21-17(24-15)18(2,19)20/h4-7,10-11,28H,8-9H2,1-3H3,(H,22,23). The van der Waals surface area contributed by atoms with Crippen LogP contribution in [0.4, 0.5) is 20.4 Å². The van der Waals surface area contributed by atoms with E-state index in [1.165, 1.54) is 16.9 Å². The molecule has 1 saturated heterocycles. The highest BCUT2D eigenvalue weighted by atomic mass is 19.3. The molecule has 0 amide bonds. The van der Waals surface area contributed by atoms with Gasteiger partial charge in [0.05, 0.1) is 17.0 Å². The monoisotopic (exact) mass is 405 g/mol. The molecule has 154 valence electrons. The number of aromatic nitrogens is 5. The number of pyridine rings is 1. The van der Waals surface area contributed by atoms with Crippen molar-refractivity contribution in [2.24, 2.45) is 0 Å². The average molecular weight is 405 g/mol. The summed E-state index contributed by atoms with van der Waals surface area (Å²) < 4.78 is 34.3. The van der Waals surface area contributed by atoms with Crippen molar-refractivity contribution >= 4 is 22.5 Å². The Labute approximate surface area is 165 Å². The molecule has 29 heavy (non-hydrogen) atoms. The van der Waals surface area contributed by atoms with Crippen molar-refractivity contribution in [1.29, 1.82) is 0 Å². The zero-order valence-electron chi connectivity index (χ0n) is 16.2. The van der Waals surface area contributed by atoms with Crippen molar-refractivity contribution in [1.82, 2.24) is 24.7 Å². The van der Waals surface area contributed by atoms with E-state index in [2.05, 4.69) is 25.4 Å². The highest BCUT2D eigenvalue weighted by Gasteiger charge is 2.32. The van der Waals surface area contributed by atoms with Crippen molar-refractivity contribution in [2.75, 3.05) is 30.4 Å². The lowest BCUT2D eigenvalue weighted by molar-refractivity contribution is 0.00763. The molecule has 0 spiro atoms. The Morgan fingerprint density at radius 2 is 2.10 bits per heavy atom. The number of hydrogen-bond donors (Lipinski definition) is 2. The molecule has 4 heterocycles. The third-order valence-electron chi connectivity index (χ3n) is 4.63. The van der Waals surface area contributed by atoms with Crippen molar-refractivity contribution in [3.8, 4) is 5.82 Å². The fourth-order valence-corrected chi connectivity index (χ4v) is 3.13. The molecule has 1 aliphatic rings. The first-order chi connectivity index (χ1) is 13.8. The number of fused-ring (bicyclic) bond motifs is 1. The first kappa shape index (κ1) is 19.4. The summed E-state index contributed by atoms with van der Waals surface area (Å²) in [6.45, 7) is 3.65. The summed E-state index contributed by atoms with van der Waals surface area (Å²) in [7, 11) is 1.65. The van der Waals surface area contributed by atoms with Gasteiger partial charge in [-0.05, 0) is 6.92 Å². The number of rotatable bonds is 6. The maximum absolute atomic E-state index is 13.7. The zero-order valence-corrected chi connectivity index (χ0v) is 16.2. The molecule has 11 heteroatoms. The van der Waals surface area contributed by atoms with E-state index < -0.39 is 18.0 Å². The van der Waals surface area contributed by atoms with E-state index in [0.29, 0.717) is 30.2 Å². The molecule has 0 saturated carbocycles. The molecule has 1 atom stereocenters. The van der Waals surface area contributed by atoms with Gasteiger partial charge in [-0.2, -0.15) is 8.78 Å². The Hall–Kier alpha value is -2.92. The number of ether oxygens (including phenoxy) is 1. The van der Waals surface area contributed by atoms with E-state index in [4.69, 9.17) is 4.74 Å². The van der Waals surface area contributed by atoms with Gasteiger partial charge in [-0.1, -0.05) is 0 Å². The molecule has 0 aromatic carbocycles. The van der Waals surface area contributed by atoms with Gasteiger partial charge in [0.2, 0.25) is 5.82 Å². The van der Waals surface area contributed by atoms with E-state index >= 15 is 0 Å². The number of methoxy groups -OCH3 is 1. The van der Waals surface area contributed by atoms with Gasteiger partial charge >= 0.3 is 5.92 Å². The van der Waals surface area contributed by atoms with Gasteiger partial charge in [0.15, 0.2) is 11.6 Å². The molecule has 3 aromatic rings. The Kier molecular flexibility index (Phi) is 4.79. The van der Waals surface area contributed by atoms with Crippen molar-refractivity contribution in [3.63, 3.8) is 0 Å². The second-order valence-electron chi connectivity index (χ2n) is 7.03. The van der Waals surface area contributed by atoms with Crippen LogP contribution in [0.15, 0.2) is 24.5 Å². The smallest absolute Gasteiger partial charge is 0.303 e. The largest absolute Gasteiger partial charge is 0.378 e. The Bertz CT molecular complexity index is 1030. The van der Waals surface area contributed by atoms with Crippen LogP contribution in [-0.2, 0) is 10.7 Å². The highest BCUT2D eigenvalue weighted by Crippen LogP contribution is 2.32. The Morgan fingerprint density at radius 3 is 2.76 bits per heavy atom. The number of alkyl halides is 2. The van der Waals surface area contributed by atoms with E-state index in [-0.39, 0.29) is 11.9 Å². The molecule has 1 unspecified atom stereocenters. The summed E-state index contributed by atoms with van der Waals surface area (Å²) in [5.41, 5.74) is 0.614. The van der Waals surface area contributed by atoms with Crippen LogP contribution in [0.3, 0.4) is 0 Å². The molecule has 0 bridgehead atoms. The number of nitrogens with zero attached hydrogens (tertiary/aromatic N) is 6. The van der Waals surface area contributed by atoms with Crippen LogP contribution in [0.2, 0.25) is 0 Å². The summed E-state index contributed by atoms with van der Waals surface area (Å²) in [4.78, 5) is 14.0. The van der Waals surface area contributed by atoms with Gasteiger partial charge in [-0.3, -0.25) is 0 Å². The van der Waals surface area contributed by atoms with Gasteiger partial charge in [0.1, 0.15) is 12.0 Å². The van der Waals surface area contributed by atoms with Crippen LogP contribution < -0.4 is 10.2 Å². The predicted octanol–water partition coefficient (Wildman–Crippen LogP) is 1.91. The normalized spacial score (nSPS) is 16.1. The number of halogens is 2. The number of hydrogen-bond acceptors (Lipinski definition) is 8. The Morgan fingerprint density at radius 1 is 1.34 bits per heavy atom. The van der Waals surface area contributed by atoms with Crippen molar-refractivity contribution in [2.45, 2.75) is 32.1 Å². The lowest BCUT2D eigenvalue weighted by Gasteiger charge is -2.38. The summed E-state index contributed by atoms with van der Waals surface area (Å²) in [6.07, 6.45) is 2.22. The van der Waals surface area contributed by atoms with Crippen LogP contribution in [0.1, 0.15) is 19.7 Å². The molecule has 1 aliphatic heterocycles. The number of aliphatic hydroxyl groups excluding tert-OH is 1. The fraction of sp³-hybridized carbons (Fsp3) is 0.444. The predicted molar refractivity (Wildman–Crippen MR) is 102 cm³/mol. The molecule has 4 rings (SSSR count). The van der Waals surface area contributed by atoms with E-state index in [1.807, 2.05) is 4.90 Å². The second-order valence-corrected chi connectivity index (χ2v) is 7.03. The van der Waals surface area contributed by atoms with Crippen LogP contribution in [0, 0.1) is 0 Å². The molecule has 2 N–H and O–H groups in total. The number of anilines is 2. The maximum Gasteiger partial charge on any atom is 0.303 e. The SMILES string of the molecule is COC1CN(c2nn(-c3ccnc(C(C)(F)F)n3)c3cc(NC(C)O)ncc23)C1. The minimum Gasteiger partial charge on any atom is -0.378 e. The van der Waals surface area contributed by atoms with Crippen LogP contribution in [0.5, 0.6) is 0 Å². The third kappa shape index (κ3) is 3.70. The molecule has 0 aliphatic carbocycles.